The minimum atomic E-state index is -1.15. The molecule has 0 aliphatic heterocycles. The molecule has 0 aromatic heterocycles. The number of carbonyl (C=O) groups is 1. The Hall–Kier alpha value is -0.550. The van der Waals surface area contributed by atoms with Crippen molar-refractivity contribution in [1.82, 2.24) is 0 Å². The van der Waals surface area contributed by atoms with Gasteiger partial charge in [-0.25, -0.2) is 4.79 Å². The number of hydrogen-bond acceptors (Lipinski definition) is 2. The Morgan fingerprint density at radius 3 is 2.42 bits per heavy atom. The molecule has 0 bridgehead atoms. The highest BCUT2D eigenvalue weighted by molar-refractivity contribution is 9.13. The molecule has 3 nitrogen and oxygen atoms in total. The van der Waals surface area contributed by atoms with E-state index in [9.17, 15) is 9.90 Å². The van der Waals surface area contributed by atoms with E-state index in [0.717, 1.165) is 0 Å². The molecular formula is C7H4Br2O3. The Morgan fingerprint density at radius 2 is 1.92 bits per heavy atom. The monoisotopic (exact) mass is 294 g/mol. The lowest BCUT2D eigenvalue weighted by molar-refractivity contribution is 0.0693. The minimum absolute atomic E-state index is 0.120. The Bertz CT molecular complexity index is 336. The van der Waals surface area contributed by atoms with Gasteiger partial charge in [-0.05, 0) is 44.0 Å². The van der Waals surface area contributed by atoms with Crippen molar-refractivity contribution < 1.29 is 15.0 Å². The average Bonchev–Trinajstić information content (AvgIpc) is 2.00. The van der Waals surface area contributed by atoms with Crippen molar-refractivity contribution in [3.63, 3.8) is 0 Å². The maximum absolute atomic E-state index is 10.5. The average molecular weight is 296 g/mol. The number of aromatic carboxylic acids is 1. The van der Waals surface area contributed by atoms with Gasteiger partial charge in [-0.1, -0.05) is 0 Å². The second kappa shape index (κ2) is 3.45. The molecule has 12 heavy (non-hydrogen) atoms. The van der Waals surface area contributed by atoms with Gasteiger partial charge in [0.15, 0.2) is 0 Å². The maximum atomic E-state index is 10.5. The van der Waals surface area contributed by atoms with E-state index < -0.39 is 5.97 Å². The molecular weight excluding hydrogens is 292 g/mol. The van der Waals surface area contributed by atoms with Gasteiger partial charge < -0.3 is 10.2 Å². The Morgan fingerprint density at radius 1 is 1.33 bits per heavy atom. The minimum Gasteiger partial charge on any atom is -0.506 e. The van der Waals surface area contributed by atoms with E-state index in [0.29, 0.717) is 8.95 Å². The van der Waals surface area contributed by atoms with Crippen molar-refractivity contribution in [2.24, 2.45) is 0 Å². The molecule has 1 aromatic carbocycles. The predicted molar refractivity (Wildman–Crippen MR) is 50.5 cm³/mol. The van der Waals surface area contributed by atoms with Crippen molar-refractivity contribution in [1.29, 1.82) is 0 Å². The summed E-state index contributed by atoms with van der Waals surface area (Å²) in [7, 11) is 0. The highest BCUT2D eigenvalue weighted by atomic mass is 79.9. The first-order valence-electron chi connectivity index (χ1n) is 2.94. The Labute approximate surface area is 85.3 Å². The van der Waals surface area contributed by atoms with Gasteiger partial charge in [0.25, 0.3) is 0 Å². The van der Waals surface area contributed by atoms with Gasteiger partial charge in [0, 0.05) is 4.47 Å². The van der Waals surface area contributed by atoms with Gasteiger partial charge in [-0.3, -0.25) is 0 Å². The molecule has 0 heterocycles. The Kier molecular flexibility index (Phi) is 2.74. The third-order valence-electron chi connectivity index (χ3n) is 1.30. The lowest BCUT2D eigenvalue weighted by Gasteiger charge is -2.02. The summed E-state index contributed by atoms with van der Waals surface area (Å²) in [6.45, 7) is 0. The van der Waals surface area contributed by atoms with Crippen molar-refractivity contribution in [2.75, 3.05) is 0 Å². The summed E-state index contributed by atoms with van der Waals surface area (Å²) in [4.78, 5) is 10.5. The summed E-state index contributed by atoms with van der Waals surface area (Å²) in [5.74, 6) is -1.42. The van der Waals surface area contributed by atoms with Crippen LogP contribution in [0.3, 0.4) is 0 Å². The predicted octanol–water partition coefficient (Wildman–Crippen LogP) is 2.62. The van der Waals surface area contributed by atoms with Crippen molar-refractivity contribution in [3.05, 3.63) is 26.6 Å². The van der Waals surface area contributed by atoms with Crippen LogP contribution in [0.4, 0.5) is 0 Å². The normalized spacial score (nSPS) is 9.83. The number of benzene rings is 1. The molecule has 0 radical (unpaired) electrons. The summed E-state index contributed by atoms with van der Waals surface area (Å²) in [6.07, 6.45) is 0. The van der Waals surface area contributed by atoms with Crippen molar-refractivity contribution in [3.8, 4) is 5.75 Å². The molecule has 64 valence electrons. The molecule has 0 spiro atoms. The van der Waals surface area contributed by atoms with E-state index in [1.807, 2.05) is 0 Å². The van der Waals surface area contributed by atoms with Gasteiger partial charge in [-0.2, -0.15) is 0 Å². The summed E-state index contributed by atoms with van der Waals surface area (Å²) in [6, 6.07) is 2.87. The van der Waals surface area contributed by atoms with Crippen LogP contribution in [0.2, 0.25) is 0 Å². The van der Waals surface area contributed by atoms with E-state index in [4.69, 9.17) is 5.11 Å². The fraction of sp³-hybridized carbons (Fsp3) is 0. The van der Waals surface area contributed by atoms with Crippen LogP contribution < -0.4 is 0 Å². The molecule has 2 N–H and O–H groups in total. The summed E-state index contributed by atoms with van der Waals surface area (Å²) in [5.41, 5.74) is -0.120. The first-order valence-corrected chi connectivity index (χ1v) is 4.53. The van der Waals surface area contributed by atoms with Crippen molar-refractivity contribution >= 4 is 37.8 Å². The molecule has 0 amide bonds. The quantitative estimate of drug-likeness (QED) is 0.837. The molecule has 0 aliphatic carbocycles. The molecule has 1 rings (SSSR count). The van der Waals surface area contributed by atoms with Crippen LogP contribution in [0.25, 0.3) is 0 Å². The molecule has 1 aromatic rings. The van der Waals surface area contributed by atoms with Crippen molar-refractivity contribution in [2.45, 2.75) is 0 Å². The fourth-order valence-electron chi connectivity index (χ4n) is 0.713. The number of rotatable bonds is 1. The molecule has 0 atom stereocenters. The van der Waals surface area contributed by atoms with E-state index >= 15 is 0 Å². The zero-order valence-corrected chi connectivity index (χ0v) is 8.89. The van der Waals surface area contributed by atoms with E-state index in [2.05, 4.69) is 31.9 Å². The molecule has 0 saturated carbocycles. The molecule has 5 heteroatoms. The number of phenols is 1. The second-order valence-corrected chi connectivity index (χ2v) is 3.71. The fourth-order valence-corrected chi connectivity index (χ4v) is 1.38. The number of halogens is 2. The van der Waals surface area contributed by atoms with E-state index in [1.54, 1.807) is 6.07 Å². The smallest absolute Gasteiger partial charge is 0.339 e. The van der Waals surface area contributed by atoms with Gasteiger partial charge in [0.05, 0.1) is 4.47 Å². The number of aromatic hydroxyl groups is 1. The van der Waals surface area contributed by atoms with Gasteiger partial charge in [0.1, 0.15) is 11.3 Å². The standard InChI is InChI=1S/C7H4Br2O3/c8-4-2-1-3(7(11)12)6(10)5(4)9/h1-2,10H,(H,11,12). The van der Waals surface area contributed by atoms with Crippen LogP contribution in [0.5, 0.6) is 5.75 Å². The van der Waals surface area contributed by atoms with Crippen LogP contribution >= 0.6 is 31.9 Å². The van der Waals surface area contributed by atoms with E-state index in [-0.39, 0.29) is 11.3 Å². The third-order valence-corrected chi connectivity index (χ3v) is 3.30. The zero-order chi connectivity index (χ0) is 9.30. The van der Waals surface area contributed by atoms with Gasteiger partial charge in [-0.15, -0.1) is 0 Å². The number of hydrogen-bond donors (Lipinski definition) is 2. The molecule has 0 unspecified atom stereocenters. The SMILES string of the molecule is O=C(O)c1ccc(Br)c(Br)c1O. The number of carboxylic acids is 1. The summed E-state index contributed by atoms with van der Waals surface area (Å²) >= 11 is 6.17. The topological polar surface area (TPSA) is 57.5 Å². The molecule has 0 fully saturated rings. The molecule has 0 aliphatic rings. The van der Waals surface area contributed by atoms with Gasteiger partial charge in [0.2, 0.25) is 0 Å². The molecule has 0 saturated heterocycles. The lowest BCUT2D eigenvalue weighted by Crippen LogP contribution is -1.96. The van der Waals surface area contributed by atoms with E-state index in [1.165, 1.54) is 6.07 Å². The maximum Gasteiger partial charge on any atom is 0.339 e. The third kappa shape index (κ3) is 1.61. The lowest BCUT2D eigenvalue weighted by atomic mass is 10.2. The van der Waals surface area contributed by atoms with Crippen LogP contribution in [-0.4, -0.2) is 16.2 Å². The highest BCUT2D eigenvalue weighted by Crippen LogP contribution is 2.34. The highest BCUT2D eigenvalue weighted by Gasteiger charge is 2.13. The van der Waals surface area contributed by atoms with Crippen LogP contribution in [0.1, 0.15) is 10.4 Å². The van der Waals surface area contributed by atoms with Crippen LogP contribution in [-0.2, 0) is 0 Å². The van der Waals surface area contributed by atoms with Crippen LogP contribution in [0.15, 0.2) is 21.1 Å². The number of carboxylic acid groups (broad SMARTS) is 1. The first kappa shape index (κ1) is 9.54. The van der Waals surface area contributed by atoms with Gasteiger partial charge >= 0.3 is 5.97 Å². The zero-order valence-electron chi connectivity index (χ0n) is 5.71. The Balaban J connectivity index is 3.36. The largest absolute Gasteiger partial charge is 0.506 e. The first-order chi connectivity index (χ1) is 5.54. The summed E-state index contributed by atoms with van der Waals surface area (Å²) < 4.78 is 0.965. The summed E-state index contributed by atoms with van der Waals surface area (Å²) in [5, 5.41) is 17.9. The van der Waals surface area contributed by atoms with Crippen LogP contribution in [0, 0.1) is 0 Å². The second-order valence-electron chi connectivity index (χ2n) is 2.06.